The molecule has 2 heterocycles. The first kappa shape index (κ1) is 13.5. The number of nitriles is 1. The molecule has 0 saturated carbocycles. The summed E-state index contributed by atoms with van der Waals surface area (Å²) >= 11 is 0. The number of hydrogen-bond acceptors (Lipinski definition) is 4. The van der Waals surface area contributed by atoms with Gasteiger partial charge in [0.25, 0.3) is 0 Å². The van der Waals surface area contributed by atoms with Gasteiger partial charge in [0.05, 0.1) is 23.6 Å². The minimum Gasteiger partial charge on any atom is -0.477 e. The third-order valence-electron chi connectivity index (χ3n) is 3.22. The van der Waals surface area contributed by atoms with Crippen LogP contribution >= 0.6 is 0 Å². The van der Waals surface area contributed by atoms with Gasteiger partial charge in [-0.1, -0.05) is 18.2 Å². The van der Waals surface area contributed by atoms with Gasteiger partial charge < -0.3 is 9.67 Å². The Morgan fingerprint density at radius 2 is 2.00 bits per heavy atom. The monoisotopic (exact) mass is 290 g/mol. The molecule has 0 bridgehead atoms. The van der Waals surface area contributed by atoms with Crippen LogP contribution in [-0.2, 0) is 4.79 Å². The molecule has 0 spiro atoms. The van der Waals surface area contributed by atoms with E-state index in [-0.39, 0.29) is 5.57 Å². The summed E-state index contributed by atoms with van der Waals surface area (Å²) in [4.78, 5) is 19.0. The van der Waals surface area contributed by atoms with Crippen molar-refractivity contribution in [1.82, 2.24) is 14.5 Å². The summed E-state index contributed by atoms with van der Waals surface area (Å²) in [6, 6.07) is 9.22. The molecule has 0 radical (unpaired) electrons. The fraction of sp³-hybridized carbons (Fsp3) is 0. The molecule has 106 valence electrons. The number of fused-ring (bicyclic) bond motifs is 1. The van der Waals surface area contributed by atoms with Crippen molar-refractivity contribution in [1.29, 1.82) is 5.26 Å². The van der Waals surface area contributed by atoms with E-state index in [0.717, 1.165) is 16.6 Å². The van der Waals surface area contributed by atoms with E-state index >= 15 is 0 Å². The lowest BCUT2D eigenvalue weighted by atomic mass is 10.1. The lowest BCUT2D eigenvalue weighted by Crippen LogP contribution is -1.97. The minimum atomic E-state index is -1.25. The minimum absolute atomic E-state index is 0.313. The highest BCUT2D eigenvalue weighted by atomic mass is 16.4. The van der Waals surface area contributed by atoms with Gasteiger partial charge in [0.2, 0.25) is 0 Å². The molecule has 0 aliphatic heterocycles. The number of nitrogens with zero attached hydrogens (tertiary/aromatic N) is 4. The zero-order valence-corrected chi connectivity index (χ0v) is 11.3. The van der Waals surface area contributed by atoms with Crippen molar-refractivity contribution in [3.63, 3.8) is 0 Å². The van der Waals surface area contributed by atoms with Crippen LogP contribution in [0.4, 0.5) is 0 Å². The summed E-state index contributed by atoms with van der Waals surface area (Å²) < 4.78 is 1.86. The van der Waals surface area contributed by atoms with E-state index in [1.54, 1.807) is 24.7 Å². The van der Waals surface area contributed by atoms with Crippen molar-refractivity contribution >= 4 is 22.9 Å². The quantitative estimate of drug-likeness (QED) is 0.590. The first-order chi connectivity index (χ1) is 10.7. The number of benzene rings is 1. The van der Waals surface area contributed by atoms with Crippen molar-refractivity contribution in [3.05, 3.63) is 60.3 Å². The van der Waals surface area contributed by atoms with Gasteiger partial charge in [-0.2, -0.15) is 5.26 Å². The van der Waals surface area contributed by atoms with Crippen LogP contribution in [0, 0.1) is 11.3 Å². The zero-order chi connectivity index (χ0) is 15.5. The van der Waals surface area contributed by atoms with Gasteiger partial charge >= 0.3 is 5.97 Å². The molecule has 1 aromatic carbocycles. The first-order valence-electron chi connectivity index (χ1n) is 6.41. The predicted octanol–water partition coefficient (Wildman–Crippen LogP) is 2.41. The van der Waals surface area contributed by atoms with Crippen LogP contribution < -0.4 is 0 Å². The predicted molar refractivity (Wildman–Crippen MR) is 80.1 cm³/mol. The number of hydrogen-bond donors (Lipinski definition) is 1. The highest BCUT2D eigenvalue weighted by Gasteiger charge is 2.12. The molecule has 0 unspecified atom stereocenters. The highest BCUT2D eigenvalue weighted by Crippen LogP contribution is 2.26. The van der Waals surface area contributed by atoms with Crippen molar-refractivity contribution in [2.45, 2.75) is 0 Å². The smallest absolute Gasteiger partial charge is 0.346 e. The van der Waals surface area contributed by atoms with Crippen LogP contribution in [0.2, 0.25) is 0 Å². The summed E-state index contributed by atoms with van der Waals surface area (Å²) in [5.74, 6) is -1.25. The van der Waals surface area contributed by atoms with E-state index in [2.05, 4.69) is 9.97 Å². The second-order valence-electron chi connectivity index (χ2n) is 4.54. The van der Waals surface area contributed by atoms with Gasteiger partial charge in [-0.3, -0.25) is 0 Å². The Kier molecular flexibility index (Phi) is 3.38. The molecule has 6 heteroatoms. The number of carboxylic acids is 1. The fourth-order valence-corrected chi connectivity index (χ4v) is 2.25. The molecule has 3 aromatic rings. The maximum atomic E-state index is 11.0. The Morgan fingerprint density at radius 1 is 1.27 bits per heavy atom. The average molecular weight is 290 g/mol. The summed E-state index contributed by atoms with van der Waals surface area (Å²) in [6.45, 7) is 0. The van der Waals surface area contributed by atoms with E-state index in [1.807, 2.05) is 28.8 Å². The van der Waals surface area contributed by atoms with E-state index < -0.39 is 5.97 Å². The molecule has 0 aliphatic rings. The second-order valence-corrected chi connectivity index (χ2v) is 4.54. The molecule has 3 rings (SSSR count). The van der Waals surface area contributed by atoms with Crippen molar-refractivity contribution < 1.29 is 9.90 Å². The second kappa shape index (κ2) is 5.50. The van der Waals surface area contributed by atoms with Gasteiger partial charge in [-0.15, -0.1) is 0 Å². The summed E-state index contributed by atoms with van der Waals surface area (Å²) in [7, 11) is 0. The van der Waals surface area contributed by atoms with Crippen LogP contribution in [-0.4, -0.2) is 25.6 Å². The van der Waals surface area contributed by atoms with Crippen LogP contribution in [0.1, 0.15) is 5.56 Å². The number of carboxylic acid groups (broad SMARTS) is 1. The topological polar surface area (TPSA) is 91.8 Å². The SMILES string of the molecule is N#C/C(=C\c1cn(-c2cncnc2)c2ccccc12)C(=O)O. The molecule has 0 atom stereocenters. The van der Waals surface area contributed by atoms with E-state index in [0.29, 0.717) is 5.56 Å². The van der Waals surface area contributed by atoms with E-state index in [1.165, 1.54) is 12.4 Å². The van der Waals surface area contributed by atoms with Gasteiger partial charge in [0, 0.05) is 17.1 Å². The molecule has 0 aliphatic carbocycles. The standard InChI is InChI=1S/C16H10N4O2/c17-6-11(16(21)22)5-12-9-20(13-7-18-10-19-8-13)15-4-2-1-3-14(12)15/h1-5,7-10H,(H,21,22)/b11-5+. The normalized spacial score (nSPS) is 11.3. The molecular weight excluding hydrogens is 280 g/mol. The molecule has 0 fully saturated rings. The van der Waals surface area contributed by atoms with Crippen LogP contribution in [0.25, 0.3) is 22.7 Å². The number of carbonyl (C=O) groups is 1. The largest absolute Gasteiger partial charge is 0.477 e. The number of para-hydroxylation sites is 1. The molecule has 22 heavy (non-hydrogen) atoms. The molecule has 2 aromatic heterocycles. The third kappa shape index (κ3) is 2.31. The Morgan fingerprint density at radius 3 is 2.68 bits per heavy atom. The maximum Gasteiger partial charge on any atom is 0.346 e. The van der Waals surface area contributed by atoms with Gasteiger partial charge in [-0.05, 0) is 12.1 Å². The summed E-state index contributed by atoms with van der Waals surface area (Å²) in [6.07, 6.45) is 7.90. The Labute approximate surface area is 125 Å². The molecule has 0 saturated heterocycles. The van der Waals surface area contributed by atoms with Crippen molar-refractivity contribution in [2.24, 2.45) is 0 Å². The number of aromatic nitrogens is 3. The van der Waals surface area contributed by atoms with E-state index in [4.69, 9.17) is 10.4 Å². The molecule has 0 amide bonds. The third-order valence-corrected chi connectivity index (χ3v) is 3.22. The Bertz CT molecular complexity index is 920. The molecular formula is C16H10N4O2. The van der Waals surface area contributed by atoms with Gasteiger partial charge in [0.15, 0.2) is 0 Å². The Balaban J connectivity index is 2.26. The maximum absolute atomic E-state index is 11.0. The Hall–Kier alpha value is -3.46. The van der Waals surface area contributed by atoms with E-state index in [9.17, 15) is 4.79 Å². The van der Waals surface area contributed by atoms with Crippen molar-refractivity contribution in [2.75, 3.05) is 0 Å². The zero-order valence-electron chi connectivity index (χ0n) is 11.3. The average Bonchev–Trinajstić information content (AvgIpc) is 2.92. The van der Waals surface area contributed by atoms with Crippen LogP contribution in [0.3, 0.4) is 0 Å². The summed E-state index contributed by atoms with van der Waals surface area (Å²) in [5.41, 5.74) is 1.98. The van der Waals surface area contributed by atoms with Crippen LogP contribution in [0.5, 0.6) is 0 Å². The fourth-order valence-electron chi connectivity index (χ4n) is 2.25. The first-order valence-corrected chi connectivity index (χ1v) is 6.41. The number of aliphatic carboxylic acids is 1. The van der Waals surface area contributed by atoms with Crippen molar-refractivity contribution in [3.8, 4) is 11.8 Å². The summed E-state index contributed by atoms with van der Waals surface area (Å²) in [5, 5.41) is 18.8. The molecule has 6 nitrogen and oxygen atoms in total. The van der Waals surface area contributed by atoms with Gasteiger partial charge in [0.1, 0.15) is 18.0 Å². The highest BCUT2D eigenvalue weighted by molar-refractivity contribution is 6.00. The molecule has 1 N–H and O–H groups in total. The lowest BCUT2D eigenvalue weighted by molar-refractivity contribution is -0.132. The lowest BCUT2D eigenvalue weighted by Gasteiger charge is -2.02. The number of rotatable bonds is 3. The van der Waals surface area contributed by atoms with Crippen LogP contribution in [0.15, 0.2) is 54.8 Å². The van der Waals surface area contributed by atoms with Gasteiger partial charge in [-0.25, -0.2) is 14.8 Å².